The first-order valence-electron chi connectivity index (χ1n) is 7.72. The van der Waals surface area contributed by atoms with Crippen LogP contribution in [0, 0.1) is 0 Å². The summed E-state index contributed by atoms with van der Waals surface area (Å²) in [7, 11) is 3.59. The van der Waals surface area contributed by atoms with E-state index in [9.17, 15) is 4.79 Å². The third-order valence-electron chi connectivity index (χ3n) is 3.96. The quantitative estimate of drug-likeness (QED) is 0.843. The fraction of sp³-hybridized carbons (Fsp3) is 0.786. The molecule has 124 valence electrons. The summed E-state index contributed by atoms with van der Waals surface area (Å²) in [6, 6.07) is -0.197. The van der Waals surface area contributed by atoms with Crippen molar-refractivity contribution in [3.05, 3.63) is 12.2 Å². The number of carbonyl (C=O) groups is 1. The largest absolute Gasteiger partial charge is 0.383 e. The lowest BCUT2D eigenvalue weighted by atomic mass is 10.3. The molecule has 0 saturated carbocycles. The Bertz CT molecular complexity index is 478. The number of hydrogen-bond donors (Lipinski definition) is 1. The maximum Gasteiger partial charge on any atom is 0.318 e. The number of aryl methyl sites for hydroxylation is 1. The van der Waals surface area contributed by atoms with Gasteiger partial charge in [-0.25, -0.2) is 4.79 Å². The van der Waals surface area contributed by atoms with Crippen LogP contribution in [0.3, 0.4) is 0 Å². The van der Waals surface area contributed by atoms with Crippen molar-refractivity contribution in [1.29, 1.82) is 0 Å². The van der Waals surface area contributed by atoms with Gasteiger partial charge >= 0.3 is 6.03 Å². The van der Waals surface area contributed by atoms with Crippen molar-refractivity contribution in [3.8, 4) is 0 Å². The molecule has 0 aromatic carbocycles. The van der Waals surface area contributed by atoms with E-state index in [1.54, 1.807) is 13.4 Å². The molecule has 1 atom stereocenters. The van der Waals surface area contributed by atoms with Crippen molar-refractivity contribution >= 4 is 6.03 Å². The number of nitrogens with zero attached hydrogens (tertiary/aromatic N) is 5. The van der Waals surface area contributed by atoms with Gasteiger partial charge in [-0.2, -0.15) is 0 Å². The molecule has 0 aliphatic carbocycles. The predicted molar refractivity (Wildman–Crippen MR) is 82.5 cm³/mol. The van der Waals surface area contributed by atoms with E-state index in [4.69, 9.17) is 4.74 Å². The SMILES string of the molecule is COCCN1CCCN(C(=O)N[C@H](C)c2nncn2C)CC1. The second kappa shape index (κ2) is 8.09. The van der Waals surface area contributed by atoms with E-state index in [0.717, 1.165) is 51.6 Å². The lowest BCUT2D eigenvalue weighted by Crippen LogP contribution is -2.43. The van der Waals surface area contributed by atoms with Crippen molar-refractivity contribution in [1.82, 2.24) is 29.9 Å². The van der Waals surface area contributed by atoms with Gasteiger partial charge in [-0.15, -0.1) is 10.2 Å². The number of carbonyl (C=O) groups excluding carboxylic acids is 1. The van der Waals surface area contributed by atoms with Gasteiger partial charge in [0, 0.05) is 40.3 Å². The van der Waals surface area contributed by atoms with E-state index in [-0.39, 0.29) is 12.1 Å². The summed E-state index contributed by atoms with van der Waals surface area (Å²) in [5, 5.41) is 10.9. The van der Waals surface area contributed by atoms with Crippen LogP contribution in [0.2, 0.25) is 0 Å². The molecule has 2 rings (SSSR count). The Kier molecular flexibility index (Phi) is 6.14. The van der Waals surface area contributed by atoms with E-state index < -0.39 is 0 Å². The molecule has 1 aromatic rings. The van der Waals surface area contributed by atoms with Crippen LogP contribution in [-0.2, 0) is 11.8 Å². The number of aromatic nitrogens is 3. The molecular weight excluding hydrogens is 284 g/mol. The predicted octanol–water partition coefficient (Wildman–Crippen LogP) is 0.240. The number of ether oxygens (including phenoxy) is 1. The van der Waals surface area contributed by atoms with Crippen LogP contribution in [-0.4, -0.2) is 77.0 Å². The fourth-order valence-corrected chi connectivity index (χ4v) is 2.64. The first-order chi connectivity index (χ1) is 10.6. The molecule has 1 aromatic heterocycles. The van der Waals surface area contributed by atoms with Gasteiger partial charge in [-0.05, 0) is 19.9 Å². The lowest BCUT2D eigenvalue weighted by Gasteiger charge is -2.24. The van der Waals surface area contributed by atoms with Crippen LogP contribution in [0.15, 0.2) is 6.33 Å². The molecule has 0 spiro atoms. The molecule has 1 saturated heterocycles. The minimum Gasteiger partial charge on any atom is -0.383 e. The third-order valence-corrected chi connectivity index (χ3v) is 3.96. The zero-order chi connectivity index (χ0) is 15.9. The molecule has 1 aliphatic rings. The van der Waals surface area contributed by atoms with Crippen LogP contribution < -0.4 is 5.32 Å². The highest BCUT2D eigenvalue weighted by Gasteiger charge is 2.21. The monoisotopic (exact) mass is 310 g/mol. The lowest BCUT2D eigenvalue weighted by molar-refractivity contribution is 0.149. The van der Waals surface area contributed by atoms with Gasteiger partial charge in [-0.1, -0.05) is 0 Å². The van der Waals surface area contributed by atoms with Crippen molar-refractivity contribution in [2.24, 2.45) is 7.05 Å². The molecule has 8 heteroatoms. The van der Waals surface area contributed by atoms with Gasteiger partial charge in [0.1, 0.15) is 6.33 Å². The number of rotatable bonds is 5. The van der Waals surface area contributed by atoms with Crippen molar-refractivity contribution in [3.63, 3.8) is 0 Å². The molecule has 8 nitrogen and oxygen atoms in total. The standard InChI is InChI=1S/C14H26N6O2/c1-12(13-17-15-11-18(13)2)16-14(21)20-6-4-5-19(7-8-20)9-10-22-3/h11-12H,4-10H2,1-3H3,(H,16,21)/t12-/m1/s1. The normalized spacial score (nSPS) is 18.0. The number of methoxy groups -OCH3 is 1. The first-order valence-corrected chi connectivity index (χ1v) is 7.72. The minimum atomic E-state index is -0.159. The minimum absolute atomic E-state index is 0.0379. The second-order valence-corrected chi connectivity index (χ2v) is 5.65. The number of hydrogen-bond acceptors (Lipinski definition) is 5. The van der Waals surface area contributed by atoms with Gasteiger partial charge in [0.25, 0.3) is 0 Å². The molecular formula is C14H26N6O2. The maximum absolute atomic E-state index is 12.4. The average molecular weight is 310 g/mol. The molecule has 1 aliphatic heterocycles. The van der Waals surface area contributed by atoms with E-state index in [1.165, 1.54) is 0 Å². The highest BCUT2D eigenvalue weighted by molar-refractivity contribution is 5.74. The fourth-order valence-electron chi connectivity index (χ4n) is 2.64. The molecule has 1 fully saturated rings. The van der Waals surface area contributed by atoms with Gasteiger partial charge in [0.15, 0.2) is 5.82 Å². The van der Waals surface area contributed by atoms with Crippen LogP contribution in [0.25, 0.3) is 0 Å². The van der Waals surface area contributed by atoms with E-state index in [0.29, 0.717) is 0 Å². The summed E-state index contributed by atoms with van der Waals surface area (Å²) in [6.45, 7) is 6.98. The molecule has 2 amide bonds. The smallest absolute Gasteiger partial charge is 0.318 e. The molecule has 0 bridgehead atoms. The molecule has 0 unspecified atom stereocenters. The Labute approximate surface area is 131 Å². The van der Waals surface area contributed by atoms with Crippen LogP contribution in [0.1, 0.15) is 25.2 Å². The molecule has 1 N–H and O–H groups in total. The summed E-state index contributed by atoms with van der Waals surface area (Å²) in [5.74, 6) is 0.755. The van der Waals surface area contributed by atoms with Gasteiger partial charge < -0.3 is 19.5 Å². The van der Waals surface area contributed by atoms with Crippen LogP contribution in [0.4, 0.5) is 4.79 Å². The highest BCUT2D eigenvalue weighted by Crippen LogP contribution is 2.09. The number of amides is 2. The van der Waals surface area contributed by atoms with Gasteiger partial charge in [-0.3, -0.25) is 4.90 Å². The van der Waals surface area contributed by atoms with Crippen LogP contribution in [0.5, 0.6) is 0 Å². The summed E-state index contributed by atoms with van der Waals surface area (Å²) < 4.78 is 6.93. The van der Waals surface area contributed by atoms with Gasteiger partial charge in [0.2, 0.25) is 0 Å². The highest BCUT2D eigenvalue weighted by atomic mass is 16.5. The van der Waals surface area contributed by atoms with E-state index in [2.05, 4.69) is 20.4 Å². The van der Waals surface area contributed by atoms with E-state index in [1.807, 2.05) is 23.4 Å². The average Bonchev–Trinajstić information content (AvgIpc) is 2.79. The maximum atomic E-state index is 12.4. The number of urea groups is 1. The Morgan fingerprint density at radius 3 is 2.91 bits per heavy atom. The third kappa shape index (κ3) is 4.41. The Morgan fingerprint density at radius 1 is 1.41 bits per heavy atom. The molecule has 22 heavy (non-hydrogen) atoms. The summed E-state index contributed by atoms with van der Waals surface area (Å²) in [4.78, 5) is 16.6. The first kappa shape index (κ1) is 16.7. The summed E-state index contributed by atoms with van der Waals surface area (Å²) in [6.07, 6.45) is 2.62. The Balaban J connectivity index is 1.83. The summed E-state index contributed by atoms with van der Waals surface area (Å²) >= 11 is 0. The molecule has 0 radical (unpaired) electrons. The van der Waals surface area contributed by atoms with Crippen molar-refractivity contribution in [2.45, 2.75) is 19.4 Å². The van der Waals surface area contributed by atoms with Crippen molar-refractivity contribution in [2.75, 3.05) is 46.4 Å². The zero-order valence-electron chi connectivity index (χ0n) is 13.7. The Hall–Kier alpha value is -1.67. The topological polar surface area (TPSA) is 75.5 Å². The Morgan fingerprint density at radius 2 is 2.23 bits per heavy atom. The van der Waals surface area contributed by atoms with Crippen molar-refractivity contribution < 1.29 is 9.53 Å². The van der Waals surface area contributed by atoms with Gasteiger partial charge in [0.05, 0.1) is 12.6 Å². The molecule has 2 heterocycles. The van der Waals surface area contributed by atoms with Crippen LogP contribution >= 0.6 is 0 Å². The van der Waals surface area contributed by atoms with E-state index >= 15 is 0 Å². The second-order valence-electron chi connectivity index (χ2n) is 5.65. The number of nitrogens with one attached hydrogen (secondary N) is 1. The summed E-state index contributed by atoms with van der Waals surface area (Å²) in [5.41, 5.74) is 0. The zero-order valence-corrected chi connectivity index (χ0v) is 13.7.